The van der Waals surface area contributed by atoms with Crippen molar-refractivity contribution < 1.29 is 0 Å². The van der Waals surface area contributed by atoms with E-state index in [1.165, 1.54) is 0 Å². The molecule has 0 saturated heterocycles. The van der Waals surface area contributed by atoms with E-state index in [4.69, 9.17) is 5.73 Å². The molecule has 43 valence electrons. The standard InChI is InChI=1S/C6H14N/c1-5(7)6(2,3)4/h5H,2,7H2,1,3-4H3. The van der Waals surface area contributed by atoms with Gasteiger partial charge in [0.1, 0.15) is 0 Å². The second-order valence-corrected chi connectivity index (χ2v) is 2.78. The van der Waals surface area contributed by atoms with Gasteiger partial charge in [-0.25, -0.2) is 0 Å². The Bertz CT molecular complexity index is 49.7. The Kier molecular flexibility index (Phi) is 1.82. The smallest absolute Gasteiger partial charge is 0.00617 e. The molecule has 0 aromatic heterocycles. The first kappa shape index (κ1) is 6.96. The summed E-state index contributed by atoms with van der Waals surface area (Å²) in [6, 6.07) is 0.187. The van der Waals surface area contributed by atoms with Crippen LogP contribution in [0.2, 0.25) is 0 Å². The number of hydrogen-bond acceptors (Lipinski definition) is 1. The van der Waals surface area contributed by atoms with Crippen molar-refractivity contribution in [2.75, 3.05) is 0 Å². The molecule has 0 aromatic carbocycles. The fourth-order valence-electron chi connectivity index (χ4n) is 0. The molecule has 1 nitrogen and oxygen atoms in total. The van der Waals surface area contributed by atoms with Gasteiger partial charge in [0.2, 0.25) is 0 Å². The van der Waals surface area contributed by atoms with E-state index in [1.54, 1.807) is 0 Å². The monoisotopic (exact) mass is 100 g/mol. The number of nitrogens with two attached hydrogens (primary N) is 1. The van der Waals surface area contributed by atoms with Crippen LogP contribution in [0.1, 0.15) is 20.8 Å². The summed E-state index contributed by atoms with van der Waals surface area (Å²) in [5.74, 6) is 0. The van der Waals surface area contributed by atoms with E-state index in [9.17, 15) is 0 Å². The van der Waals surface area contributed by atoms with Crippen molar-refractivity contribution in [2.45, 2.75) is 26.8 Å². The van der Waals surface area contributed by atoms with Crippen LogP contribution in [0.3, 0.4) is 0 Å². The van der Waals surface area contributed by atoms with E-state index in [0.717, 1.165) is 0 Å². The molecule has 1 unspecified atom stereocenters. The van der Waals surface area contributed by atoms with Crippen LogP contribution in [0.5, 0.6) is 0 Å². The lowest BCUT2D eigenvalue weighted by Crippen LogP contribution is -2.31. The lowest BCUT2D eigenvalue weighted by molar-refractivity contribution is 0.390. The minimum Gasteiger partial charge on any atom is -0.327 e. The van der Waals surface area contributed by atoms with Gasteiger partial charge in [-0.2, -0.15) is 0 Å². The van der Waals surface area contributed by atoms with E-state index in [0.29, 0.717) is 0 Å². The maximum Gasteiger partial charge on any atom is 0.00617 e. The van der Waals surface area contributed by atoms with Crippen molar-refractivity contribution in [3.05, 3.63) is 6.92 Å². The zero-order chi connectivity index (χ0) is 6.08. The average molecular weight is 100 g/mol. The largest absolute Gasteiger partial charge is 0.327 e. The fourth-order valence-corrected chi connectivity index (χ4v) is 0. The summed E-state index contributed by atoms with van der Waals surface area (Å²) in [5, 5.41) is 0. The minimum atomic E-state index is 0.0278. The van der Waals surface area contributed by atoms with Crippen LogP contribution in [0.15, 0.2) is 0 Å². The summed E-state index contributed by atoms with van der Waals surface area (Å²) < 4.78 is 0. The first-order valence-electron chi connectivity index (χ1n) is 2.55. The maximum absolute atomic E-state index is 5.51. The van der Waals surface area contributed by atoms with Crippen LogP contribution in [-0.2, 0) is 0 Å². The third-order valence-corrected chi connectivity index (χ3v) is 1.23. The van der Waals surface area contributed by atoms with Gasteiger partial charge in [-0.15, -0.1) is 0 Å². The molecule has 0 saturated carbocycles. The zero-order valence-corrected chi connectivity index (χ0v) is 5.36. The van der Waals surface area contributed by atoms with Crippen molar-refractivity contribution in [1.29, 1.82) is 0 Å². The summed E-state index contributed by atoms with van der Waals surface area (Å²) in [7, 11) is 0. The van der Waals surface area contributed by atoms with Crippen molar-refractivity contribution in [3.8, 4) is 0 Å². The van der Waals surface area contributed by atoms with E-state index < -0.39 is 0 Å². The van der Waals surface area contributed by atoms with Gasteiger partial charge in [0.15, 0.2) is 0 Å². The lowest BCUT2D eigenvalue weighted by atomic mass is 9.89. The number of rotatable bonds is 1. The topological polar surface area (TPSA) is 26.0 Å². The molecule has 0 aromatic rings. The summed E-state index contributed by atoms with van der Waals surface area (Å²) in [4.78, 5) is 0. The Morgan fingerprint density at radius 2 is 1.71 bits per heavy atom. The van der Waals surface area contributed by atoms with Gasteiger partial charge in [0.25, 0.3) is 0 Å². The zero-order valence-electron chi connectivity index (χ0n) is 5.36. The summed E-state index contributed by atoms with van der Waals surface area (Å²) in [6.07, 6.45) is 0. The lowest BCUT2D eigenvalue weighted by Gasteiger charge is -2.22. The average Bonchev–Trinajstić information content (AvgIpc) is 1.31. The molecule has 0 rings (SSSR count). The predicted molar refractivity (Wildman–Crippen MR) is 32.8 cm³/mol. The normalized spacial score (nSPS) is 16.7. The van der Waals surface area contributed by atoms with Crippen molar-refractivity contribution in [2.24, 2.45) is 11.1 Å². The molecule has 1 atom stereocenters. The highest BCUT2D eigenvalue weighted by molar-refractivity contribution is 4.79. The van der Waals surface area contributed by atoms with Gasteiger partial charge in [0.05, 0.1) is 0 Å². The Morgan fingerprint density at radius 3 is 1.71 bits per heavy atom. The minimum absolute atomic E-state index is 0.0278. The molecule has 0 bridgehead atoms. The van der Waals surface area contributed by atoms with Crippen LogP contribution in [0, 0.1) is 12.3 Å². The first-order valence-corrected chi connectivity index (χ1v) is 2.55. The Balaban J connectivity index is 3.54. The second kappa shape index (κ2) is 1.83. The Labute approximate surface area is 45.9 Å². The van der Waals surface area contributed by atoms with E-state index in [1.807, 2.05) is 20.8 Å². The van der Waals surface area contributed by atoms with Crippen LogP contribution >= 0.6 is 0 Å². The van der Waals surface area contributed by atoms with E-state index in [-0.39, 0.29) is 11.5 Å². The van der Waals surface area contributed by atoms with Gasteiger partial charge in [-0.1, -0.05) is 13.8 Å². The third-order valence-electron chi connectivity index (χ3n) is 1.23. The maximum atomic E-state index is 5.51. The second-order valence-electron chi connectivity index (χ2n) is 2.78. The molecule has 2 N–H and O–H groups in total. The highest BCUT2D eigenvalue weighted by Gasteiger charge is 2.14. The van der Waals surface area contributed by atoms with Crippen LogP contribution in [0.4, 0.5) is 0 Å². The fraction of sp³-hybridized carbons (Fsp3) is 0.833. The van der Waals surface area contributed by atoms with Crippen molar-refractivity contribution >= 4 is 0 Å². The molecule has 1 radical (unpaired) electrons. The van der Waals surface area contributed by atoms with E-state index >= 15 is 0 Å². The summed E-state index contributed by atoms with van der Waals surface area (Å²) in [6.45, 7) is 9.86. The molecule has 0 amide bonds. The summed E-state index contributed by atoms with van der Waals surface area (Å²) >= 11 is 0. The predicted octanol–water partition coefficient (Wildman–Crippen LogP) is 1.19. The quantitative estimate of drug-likeness (QED) is 0.526. The van der Waals surface area contributed by atoms with Crippen molar-refractivity contribution in [3.63, 3.8) is 0 Å². The molecule has 0 spiro atoms. The molecule has 1 heteroatoms. The Morgan fingerprint density at radius 1 is 1.57 bits per heavy atom. The molecule has 0 aliphatic carbocycles. The van der Waals surface area contributed by atoms with Gasteiger partial charge in [0, 0.05) is 6.04 Å². The van der Waals surface area contributed by atoms with Crippen LogP contribution in [0.25, 0.3) is 0 Å². The number of hydrogen-bond donors (Lipinski definition) is 1. The molecule has 0 heterocycles. The van der Waals surface area contributed by atoms with Crippen LogP contribution in [-0.4, -0.2) is 6.04 Å². The van der Waals surface area contributed by atoms with E-state index in [2.05, 4.69) is 6.92 Å². The molecule has 7 heavy (non-hydrogen) atoms. The molecule has 0 aliphatic rings. The highest BCUT2D eigenvalue weighted by Crippen LogP contribution is 2.14. The molecule has 0 fully saturated rings. The molecular formula is C6H14N. The van der Waals surface area contributed by atoms with Gasteiger partial charge < -0.3 is 5.73 Å². The first-order chi connectivity index (χ1) is 2.94. The van der Waals surface area contributed by atoms with Crippen molar-refractivity contribution in [1.82, 2.24) is 0 Å². The summed E-state index contributed by atoms with van der Waals surface area (Å²) in [5.41, 5.74) is 5.53. The molecule has 0 aliphatic heterocycles. The van der Waals surface area contributed by atoms with Gasteiger partial charge in [-0.05, 0) is 19.3 Å². The SMILES string of the molecule is [CH2]C(C)(C)C(C)N. The van der Waals surface area contributed by atoms with Gasteiger partial charge in [-0.3, -0.25) is 0 Å². The Hall–Kier alpha value is -0.0400. The van der Waals surface area contributed by atoms with Crippen LogP contribution < -0.4 is 5.73 Å². The highest BCUT2D eigenvalue weighted by atomic mass is 14.6. The van der Waals surface area contributed by atoms with Gasteiger partial charge >= 0.3 is 0 Å². The molecular weight excluding hydrogens is 86.1 g/mol. The third kappa shape index (κ3) is 2.63.